The van der Waals surface area contributed by atoms with Crippen LogP contribution in [0.1, 0.15) is 44.0 Å². The van der Waals surface area contributed by atoms with E-state index in [4.69, 9.17) is 5.11 Å². The first-order valence-corrected chi connectivity index (χ1v) is 6.85. The fourth-order valence-corrected chi connectivity index (χ4v) is 1.76. The standard InChI is InChI=1S/C17H23NO2/c1-13(2)5-4-6-14(3)11-12-18-16-9-7-15(8-10-16)17(19)20/h5,7-11,18H,4,6,12H2,1-3H3,(H,19,20)/b14-11+. The Morgan fingerprint density at radius 1 is 1.15 bits per heavy atom. The molecule has 0 atom stereocenters. The van der Waals surface area contributed by atoms with E-state index < -0.39 is 5.97 Å². The summed E-state index contributed by atoms with van der Waals surface area (Å²) in [5.74, 6) is -0.897. The van der Waals surface area contributed by atoms with Crippen molar-refractivity contribution in [1.82, 2.24) is 0 Å². The van der Waals surface area contributed by atoms with Gasteiger partial charge in [-0.2, -0.15) is 0 Å². The molecule has 0 bridgehead atoms. The number of aromatic carboxylic acids is 1. The largest absolute Gasteiger partial charge is 0.478 e. The van der Waals surface area contributed by atoms with E-state index in [1.165, 1.54) is 11.1 Å². The highest BCUT2D eigenvalue weighted by atomic mass is 16.4. The van der Waals surface area contributed by atoms with Crippen LogP contribution in [0.5, 0.6) is 0 Å². The van der Waals surface area contributed by atoms with Crippen LogP contribution in [0.15, 0.2) is 47.6 Å². The Balaban J connectivity index is 2.39. The van der Waals surface area contributed by atoms with Crippen molar-refractivity contribution in [3.05, 3.63) is 53.1 Å². The number of carboxylic acid groups (broad SMARTS) is 1. The normalized spacial score (nSPS) is 11.1. The van der Waals surface area contributed by atoms with E-state index in [1.54, 1.807) is 24.3 Å². The van der Waals surface area contributed by atoms with Gasteiger partial charge in [0.25, 0.3) is 0 Å². The Hall–Kier alpha value is -2.03. The molecule has 3 nitrogen and oxygen atoms in total. The lowest BCUT2D eigenvalue weighted by Gasteiger charge is -2.05. The minimum absolute atomic E-state index is 0.309. The third-order valence-electron chi connectivity index (χ3n) is 2.98. The Morgan fingerprint density at radius 3 is 2.35 bits per heavy atom. The number of hydrogen-bond donors (Lipinski definition) is 2. The maximum Gasteiger partial charge on any atom is 0.335 e. The fraction of sp³-hybridized carbons (Fsp3) is 0.353. The Bertz CT molecular complexity index is 494. The molecule has 0 saturated carbocycles. The second-order valence-corrected chi connectivity index (χ2v) is 5.13. The van der Waals surface area contributed by atoms with Gasteiger partial charge in [-0.15, -0.1) is 0 Å². The highest BCUT2D eigenvalue weighted by Gasteiger charge is 2.00. The second-order valence-electron chi connectivity index (χ2n) is 5.13. The molecule has 108 valence electrons. The van der Waals surface area contributed by atoms with Gasteiger partial charge in [0.05, 0.1) is 5.56 Å². The summed E-state index contributed by atoms with van der Waals surface area (Å²) < 4.78 is 0. The average molecular weight is 273 g/mol. The molecule has 0 saturated heterocycles. The number of nitrogens with one attached hydrogen (secondary N) is 1. The first-order chi connectivity index (χ1) is 9.49. The van der Waals surface area contributed by atoms with Gasteiger partial charge in [0.1, 0.15) is 0 Å². The molecule has 0 spiro atoms. The summed E-state index contributed by atoms with van der Waals surface area (Å²) in [5.41, 5.74) is 3.96. The zero-order valence-electron chi connectivity index (χ0n) is 12.4. The number of carbonyl (C=O) groups is 1. The lowest BCUT2D eigenvalue weighted by Crippen LogP contribution is -2.00. The van der Waals surface area contributed by atoms with E-state index in [2.05, 4.69) is 38.2 Å². The van der Waals surface area contributed by atoms with Crippen LogP contribution in [0.3, 0.4) is 0 Å². The van der Waals surface area contributed by atoms with E-state index in [1.807, 2.05) is 0 Å². The number of allylic oxidation sites excluding steroid dienone is 3. The summed E-state index contributed by atoms with van der Waals surface area (Å²) in [6, 6.07) is 6.79. The Morgan fingerprint density at radius 2 is 1.80 bits per heavy atom. The minimum Gasteiger partial charge on any atom is -0.478 e. The van der Waals surface area contributed by atoms with Gasteiger partial charge in [-0.25, -0.2) is 4.79 Å². The van der Waals surface area contributed by atoms with Crippen LogP contribution in [-0.4, -0.2) is 17.6 Å². The van der Waals surface area contributed by atoms with Crippen LogP contribution >= 0.6 is 0 Å². The van der Waals surface area contributed by atoms with Crippen LogP contribution in [-0.2, 0) is 0 Å². The van der Waals surface area contributed by atoms with Crippen molar-refractivity contribution in [2.45, 2.75) is 33.6 Å². The smallest absolute Gasteiger partial charge is 0.335 e. The molecule has 1 aromatic carbocycles. The fourth-order valence-electron chi connectivity index (χ4n) is 1.76. The van der Waals surface area contributed by atoms with Gasteiger partial charge in [0.2, 0.25) is 0 Å². The topological polar surface area (TPSA) is 49.3 Å². The van der Waals surface area contributed by atoms with Crippen LogP contribution < -0.4 is 5.32 Å². The third-order valence-corrected chi connectivity index (χ3v) is 2.98. The molecule has 3 heteroatoms. The highest BCUT2D eigenvalue weighted by molar-refractivity contribution is 5.87. The molecule has 0 aromatic heterocycles. The van der Waals surface area contributed by atoms with Crippen molar-refractivity contribution in [3.63, 3.8) is 0 Å². The summed E-state index contributed by atoms with van der Waals surface area (Å²) in [6.45, 7) is 7.11. The van der Waals surface area contributed by atoms with Crippen molar-refractivity contribution >= 4 is 11.7 Å². The van der Waals surface area contributed by atoms with Crippen molar-refractivity contribution in [1.29, 1.82) is 0 Å². The second kappa shape index (κ2) is 8.20. The summed E-state index contributed by atoms with van der Waals surface area (Å²) >= 11 is 0. The molecule has 0 amide bonds. The van der Waals surface area contributed by atoms with Gasteiger partial charge < -0.3 is 10.4 Å². The monoisotopic (exact) mass is 273 g/mol. The Labute approximate surface area is 121 Å². The highest BCUT2D eigenvalue weighted by Crippen LogP contribution is 2.10. The molecule has 0 heterocycles. The van der Waals surface area contributed by atoms with E-state index >= 15 is 0 Å². The number of benzene rings is 1. The van der Waals surface area contributed by atoms with Crippen LogP contribution in [0.2, 0.25) is 0 Å². The maximum absolute atomic E-state index is 10.7. The lowest BCUT2D eigenvalue weighted by molar-refractivity contribution is 0.0697. The quantitative estimate of drug-likeness (QED) is 0.720. The molecule has 0 aliphatic carbocycles. The molecule has 0 radical (unpaired) electrons. The molecule has 20 heavy (non-hydrogen) atoms. The van der Waals surface area contributed by atoms with Gasteiger partial charge in [0.15, 0.2) is 0 Å². The zero-order valence-corrected chi connectivity index (χ0v) is 12.4. The maximum atomic E-state index is 10.7. The molecule has 1 rings (SSSR count). The van der Waals surface area contributed by atoms with Crippen molar-refractivity contribution < 1.29 is 9.90 Å². The van der Waals surface area contributed by atoms with Crippen LogP contribution in [0.4, 0.5) is 5.69 Å². The summed E-state index contributed by atoms with van der Waals surface area (Å²) in [6.07, 6.45) is 6.57. The van der Waals surface area contributed by atoms with Crippen LogP contribution in [0.25, 0.3) is 0 Å². The molecule has 1 aromatic rings. The predicted molar refractivity (Wildman–Crippen MR) is 84.3 cm³/mol. The minimum atomic E-state index is -0.897. The van der Waals surface area contributed by atoms with Gasteiger partial charge >= 0.3 is 5.97 Å². The predicted octanol–water partition coefficient (Wildman–Crippen LogP) is 4.49. The summed E-state index contributed by atoms with van der Waals surface area (Å²) in [5, 5.41) is 12.1. The molecule has 2 N–H and O–H groups in total. The molecular formula is C17H23NO2. The summed E-state index contributed by atoms with van der Waals surface area (Å²) in [4.78, 5) is 10.7. The first kappa shape index (κ1) is 16.0. The van der Waals surface area contributed by atoms with E-state index in [0.717, 1.165) is 25.1 Å². The van der Waals surface area contributed by atoms with Gasteiger partial charge in [-0.1, -0.05) is 23.3 Å². The van der Waals surface area contributed by atoms with Crippen molar-refractivity contribution in [2.24, 2.45) is 0 Å². The Kier molecular flexibility index (Phi) is 6.57. The number of rotatable bonds is 7. The van der Waals surface area contributed by atoms with Crippen molar-refractivity contribution in [3.8, 4) is 0 Å². The molecule has 0 unspecified atom stereocenters. The van der Waals surface area contributed by atoms with E-state index in [9.17, 15) is 4.79 Å². The van der Waals surface area contributed by atoms with E-state index in [0.29, 0.717) is 5.56 Å². The van der Waals surface area contributed by atoms with E-state index in [-0.39, 0.29) is 0 Å². The first-order valence-electron chi connectivity index (χ1n) is 6.85. The molecule has 0 aliphatic heterocycles. The van der Waals surface area contributed by atoms with Gasteiger partial charge in [0, 0.05) is 12.2 Å². The summed E-state index contributed by atoms with van der Waals surface area (Å²) in [7, 11) is 0. The number of hydrogen-bond acceptors (Lipinski definition) is 2. The average Bonchev–Trinajstić information content (AvgIpc) is 2.39. The molecule has 0 fully saturated rings. The lowest BCUT2D eigenvalue weighted by atomic mass is 10.1. The molecular weight excluding hydrogens is 250 g/mol. The molecule has 0 aliphatic rings. The third kappa shape index (κ3) is 6.23. The van der Waals surface area contributed by atoms with Crippen LogP contribution in [0, 0.1) is 0 Å². The van der Waals surface area contributed by atoms with Crippen molar-refractivity contribution in [2.75, 3.05) is 11.9 Å². The van der Waals surface area contributed by atoms with Gasteiger partial charge in [-0.3, -0.25) is 0 Å². The number of anilines is 1. The number of carboxylic acids is 1. The SMILES string of the molecule is CC(C)=CCC/C(C)=C/CNc1ccc(C(=O)O)cc1. The van der Waals surface area contributed by atoms with Gasteiger partial charge in [-0.05, 0) is 57.9 Å². The zero-order chi connectivity index (χ0) is 15.0.